The Hall–Kier alpha value is -1.97. The lowest BCUT2D eigenvalue weighted by Gasteiger charge is -2.38. The second-order valence-electron chi connectivity index (χ2n) is 6.64. The molecule has 3 heterocycles. The van der Waals surface area contributed by atoms with Gasteiger partial charge in [-0.2, -0.15) is 4.52 Å². The number of halogens is 1. The van der Waals surface area contributed by atoms with Crippen molar-refractivity contribution < 1.29 is 9.90 Å². The maximum Gasteiger partial charge on any atom is 0.230 e. The largest absolute Gasteiger partial charge is 0.492 e. The minimum absolute atomic E-state index is 0.103. The number of aromatic nitrogens is 3. The van der Waals surface area contributed by atoms with Crippen LogP contribution in [-0.2, 0) is 4.79 Å². The van der Waals surface area contributed by atoms with E-state index in [9.17, 15) is 9.90 Å². The molecule has 0 bridgehead atoms. The van der Waals surface area contributed by atoms with Crippen LogP contribution in [0.15, 0.2) is 28.7 Å². The Labute approximate surface area is 169 Å². The molecular weight excluding hydrogens is 430 g/mol. The van der Waals surface area contributed by atoms with Crippen molar-refractivity contribution >= 4 is 38.1 Å². The summed E-state index contributed by atoms with van der Waals surface area (Å²) >= 11 is 5.01. The summed E-state index contributed by atoms with van der Waals surface area (Å²) in [5.74, 6) is 0.873. The Morgan fingerprint density at radius 3 is 2.67 bits per heavy atom. The van der Waals surface area contributed by atoms with Crippen LogP contribution in [0.5, 0.6) is 5.88 Å². The molecule has 0 aliphatic carbocycles. The standard InChI is InChI=1S/C18H20BrN5O2S/c1-11-20-18-24(21-11)17(26)16(27-18)15(13-4-3-5-14(19)10-13)23-8-6-22(7-9-23)12(2)25/h3-5,10,15,26H,6-9H2,1-2H3. The van der Waals surface area contributed by atoms with Crippen molar-refractivity contribution in [3.8, 4) is 5.88 Å². The number of fused-ring (bicyclic) bond motifs is 1. The van der Waals surface area contributed by atoms with E-state index in [0.717, 1.165) is 28.0 Å². The molecule has 2 aromatic heterocycles. The fourth-order valence-corrected chi connectivity index (χ4v) is 5.11. The van der Waals surface area contributed by atoms with Gasteiger partial charge in [0.1, 0.15) is 5.82 Å². The predicted octanol–water partition coefficient (Wildman–Crippen LogP) is 2.82. The van der Waals surface area contributed by atoms with Crippen molar-refractivity contribution in [1.29, 1.82) is 0 Å². The number of carbonyl (C=O) groups is 1. The zero-order chi connectivity index (χ0) is 19.1. The van der Waals surface area contributed by atoms with Gasteiger partial charge in [-0.15, -0.1) is 5.10 Å². The van der Waals surface area contributed by atoms with Crippen LogP contribution in [0.4, 0.5) is 0 Å². The van der Waals surface area contributed by atoms with Crippen LogP contribution >= 0.6 is 27.3 Å². The van der Waals surface area contributed by atoms with E-state index in [1.165, 1.54) is 15.9 Å². The summed E-state index contributed by atoms with van der Waals surface area (Å²) < 4.78 is 2.49. The highest BCUT2D eigenvalue weighted by Crippen LogP contribution is 2.40. The van der Waals surface area contributed by atoms with E-state index in [0.29, 0.717) is 23.9 Å². The summed E-state index contributed by atoms with van der Waals surface area (Å²) in [4.78, 5) is 21.7. The lowest BCUT2D eigenvalue weighted by Crippen LogP contribution is -2.49. The monoisotopic (exact) mass is 449 g/mol. The van der Waals surface area contributed by atoms with Gasteiger partial charge in [0.15, 0.2) is 0 Å². The third kappa shape index (κ3) is 3.46. The van der Waals surface area contributed by atoms with E-state index in [4.69, 9.17) is 0 Å². The molecule has 7 nitrogen and oxygen atoms in total. The van der Waals surface area contributed by atoms with E-state index in [1.54, 1.807) is 6.92 Å². The maximum absolute atomic E-state index is 11.7. The molecule has 1 unspecified atom stereocenters. The second kappa shape index (κ2) is 7.21. The quantitative estimate of drug-likeness (QED) is 0.665. The van der Waals surface area contributed by atoms with Gasteiger partial charge in [0.2, 0.25) is 16.7 Å². The second-order valence-corrected chi connectivity index (χ2v) is 8.57. The number of nitrogens with zero attached hydrogens (tertiary/aromatic N) is 5. The zero-order valence-electron chi connectivity index (χ0n) is 15.1. The summed E-state index contributed by atoms with van der Waals surface area (Å²) in [6.45, 7) is 6.26. The number of amides is 1. The Bertz CT molecular complexity index is 993. The molecule has 0 saturated carbocycles. The Morgan fingerprint density at radius 1 is 1.30 bits per heavy atom. The third-order valence-electron chi connectivity index (χ3n) is 4.84. The highest BCUT2D eigenvalue weighted by Gasteiger charge is 2.32. The average molecular weight is 450 g/mol. The molecule has 1 saturated heterocycles. The van der Waals surface area contributed by atoms with Gasteiger partial charge in [0, 0.05) is 37.6 Å². The molecule has 0 spiro atoms. The number of benzene rings is 1. The molecule has 1 aromatic carbocycles. The summed E-state index contributed by atoms with van der Waals surface area (Å²) in [5.41, 5.74) is 1.08. The van der Waals surface area contributed by atoms with E-state index >= 15 is 0 Å². The van der Waals surface area contributed by atoms with Gasteiger partial charge >= 0.3 is 0 Å². The van der Waals surface area contributed by atoms with Crippen molar-refractivity contribution in [2.24, 2.45) is 0 Å². The van der Waals surface area contributed by atoms with E-state index in [-0.39, 0.29) is 17.8 Å². The van der Waals surface area contributed by atoms with Crippen LogP contribution in [-0.4, -0.2) is 61.6 Å². The fraction of sp³-hybridized carbons (Fsp3) is 0.389. The maximum atomic E-state index is 11.7. The normalized spacial score (nSPS) is 16.8. The van der Waals surface area contributed by atoms with Crippen LogP contribution in [0.1, 0.15) is 29.2 Å². The number of hydrogen-bond acceptors (Lipinski definition) is 6. The molecule has 27 heavy (non-hydrogen) atoms. The first-order valence-electron chi connectivity index (χ1n) is 8.74. The SMILES string of the molecule is CC(=O)N1CCN(C(c2cccc(Br)c2)c2sc3nc(C)nn3c2O)CC1. The van der Waals surface area contributed by atoms with Crippen LogP contribution in [0, 0.1) is 6.92 Å². The molecule has 1 fully saturated rings. The molecule has 9 heteroatoms. The highest BCUT2D eigenvalue weighted by atomic mass is 79.9. The zero-order valence-corrected chi connectivity index (χ0v) is 17.5. The summed E-state index contributed by atoms with van der Waals surface area (Å²) in [5, 5.41) is 15.1. The molecule has 0 radical (unpaired) electrons. The Morgan fingerprint density at radius 2 is 2.04 bits per heavy atom. The van der Waals surface area contributed by atoms with E-state index < -0.39 is 0 Å². The minimum Gasteiger partial charge on any atom is -0.492 e. The topological polar surface area (TPSA) is 74.0 Å². The molecule has 142 valence electrons. The van der Waals surface area contributed by atoms with Crippen molar-refractivity contribution in [3.63, 3.8) is 0 Å². The average Bonchev–Trinajstić information content (AvgIpc) is 3.14. The van der Waals surface area contributed by atoms with E-state index in [2.05, 4.69) is 43.0 Å². The molecule has 1 N–H and O–H groups in total. The lowest BCUT2D eigenvalue weighted by molar-refractivity contribution is -0.130. The lowest BCUT2D eigenvalue weighted by atomic mass is 10.0. The van der Waals surface area contributed by atoms with Gasteiger partial charge in [0.05, 0.1) is 10.9 Å². The van der Waals surface area contributed by atoms with Gasteiger partial charge < -0.3 is 10.0 Å². The fourth-order valence-electron chi connectivity index (χ4n) is 3.53. The number of rotatable bonds is 3. The van der Waals surface area contributed by atoms with Crippen molar-refractivity contribution in [3.05, 3.63) is 45.0 Å². The van der Waals surface area contributed by atoms with Crippen molar-refractivity contribution in [1.82, 2.24) is 24.4 Å². The molecule has 4 rings (SSSR count). The van der Waals surface area contributed by atoms with Crippen molar-refractivity contribution in [2.75, 3.05) is 26.2 Å². The Balaban J connectivity index is 1.75. The molecule has 3 aromatic rings. The minimum atomic E-state index is -0.120. The van der Waals surface area contributed by atoms with Gasteiger partial charge in [-0.05, 0) is 24.6 Å². The van der Waals surface area contributed by atoms with Crippen LogP contribution in [0.25, 0.3) is 4.96 Å². The first-order valence-corrected chi connectivity index (χ1v) is 10.3. The number of hydrogen-bond donors (Lipinski definition) is 1. The van der Waals surface area contributed by atoms with Gasteiger partial charge in [0.25, 0.3) is 0 Å². The first kappa shape index (κ1) is 18.4. The van der Waals surface area contributed by atoms with Gasteiger partial charge in [-0.25, -0.2) is 4.98 Å². The van der Waals surface area contributed by atoms with Crippen LogP contribution in [0.3, 0.4) is 0 Å². The molecule has 1 amide bonds. The third-order valence-corrected chi connectivity index (χ3v) is 6.41. The number of aryl methyl sites for hydroxylation is 1. The summed E-state index contributed by atoms with van der Waals surface area (Å²) in [6.07, 6.45) is 0. The molecule has 1 aliphatic rings. The summed E-state index contributed by atoms with van der Waals surface area (Å²) in [7, 11) is 0. The summed E-state index contributed by atoms with van der Waals surface area (Å²) in [6, 6.07) is 8.00. The number of thiazole rings is 1. The Kier molecular flexibility index (Phi) is 4.92. The number of aromatic hydroxyl groups is 1. The van der Waals surface area contributed by atoms with E-state index in [1.807, 2.05) is 24.0 Å². The molecule has 1 atom stereocenters. The number of piperazine rings is 1. The van der Waals surface area contributed by atoms with Crippen LogP contribution in [0.2, 0.25) is 0 Å². The smallest absolute Gasteiger partial charge is 0.230 e. The first-order chi connectivity index (χ1) is 12.9. The highest BCUT2D eigenvalue weighted by molar-refractivity contribution is 9.10. The molecule has 1 aliphatic heterocycles. The van der Waals surface area contributed by atoms with Crippen LogP contribution < -0.4 is 0 Å². The van der Waals surface area contributed by atoms with Gasteiger partial charge in [-0.3, -0.25) is 9.69 Å². The molecular formula is C18H20BrN5O2S. The number of carbonyl (C=O) groups excluding carboxylic acids is 1. The van der Waals surface area contributed by atoms with Gasteiger partial charge in [-0.1, -0.05) is 39.4 Å². The van der Waals surface area contributed by atoms with Crippen molar-refractivity contribution in [2.45, 2.75) is 19.9 Å². The predicted molar refractivity (Wildman–Crippen MR) is 107 cm³/mol.